The largest absolute Gasteiger partial charge is 0.466 e. The van der Waals surface area contributed by atoms with Gasteiger partial charge in [0.15, 0.2) is 0 Å². The third-order valence-electron chi connectivity index (χ3n) is 2.25. The van der Waals surface area contributed by atoms with E-state index >= 15 is 0 Å². The fraction of sp³-hybridized carbons (Fsp3) is 0.923. The van der Waals surface area contributed by atoms with E-state index in [2.05, 4.69) is 27.7 Å². The van der Waals surface area contributed by atoms with Crippen LogP contribution in [0.3, 0.4) is 0 Å². The minimum atomic E-state index is -0.148. The molecule has 3 nitrogen and oxygen atoms in total. The average Bonchev–Trinajstić information content (AvgIpc) is 2.16. The monoisotopic (exact) mass is 230 g/mol. The molecule has 0 saturated carbocycles. The van der Waals surface area contributed by atoms with Gasteiger partial charge in [0.2, 0.25) is 0 Å². The highest BCUT2D eigenvalue weighted by molar-refractivity contribution is 5.69. The molecule has 0 aliphatic heterocycles. The predicted molar refractivity (Wildman–Crippen MR) is 65.3 cm³/mol. The molecule has 0 fully saturated rings. The van der Waals surface area contributed by atoms with Crippen molar-refractivity contribution in [1.29, 1.82) is 0 Å². The van der Waals surface area contributed by atoms with Gasteiger partial charge >= 0.3 is 5.97 Å². The molecule has 0 bridgehead atoms. The lowest BCUT2D eigenvalue weighted by atomic mass is 10.1. The zero-order valence-corrected chi connectivity index (χ0v) is 11.1. The Balaban J connectivity index is 3.24. The molecule has 0 N–H and O–H groups in total. The smallest absolute Gasteiger partial charge is 0.308 e. The third kappa shape index (κ3) is 11.5. The lowest BCUT2D eigenvalue weighted by Gasteiger charge is -2.08. The number of hydrogen-bond acceptors (Lipinski definition) is 3. The molecule has 0 rings (SSSR count). The molecule has 0 aromatic heterocycles. The summed E-state index contributed by atoms with van der Waals surface area (Å²) in [4.78, 5) is 11.2. The third-order valence-corrected chi connectivity index (χ3v) is 2.25. The molecule has 0 aromatic rings. The lowest BCUT2D eigenvalue weighted by Crippen LogP contribution is -2.11. The van der Waals surface area contributed by atoms with Crippen LogP contribution in [-0.4, -0.2) is 25.8 Å². The molecule has 16 heavy (non-hydrogen) atoms. The van der Waals surface area contributed by atoms with E-state index < -0.39 is 0 Å². The molecular weight excluding hydrogens is 204 g/mol. The Labute approximate surface area is 99.5 Å². The van der Waals surface area contributed by atoms with Crippen molar-refractivity contribution >= 4 is 5.97 Å². The van der Waals surface area contributed by atoms with Gasteiger partial charge in [-0.1, -0.05) is 27.7 Å². The van der Waals surface area contributed by atoms with Gasteiger partial charge in [0.1, 0.15) is 0 Å². The summed E-state index contributed by atoms with van der Waals surface area (Å²) < 4.78 is 10.4. The maximum atomic E-state index is 11.2. The van der Waals surface area contributed by atoms with E-state index in [4.69, 9.17) is 9.47 Å². The van der Waals surface area contributed by atoms with Crippen LogP contribution >= 0.6 is 0 Å². The van der Waals surface area contributed by atoms with Crippen molar-refractivity contribution in [2.45, 2.75) is 47.0 Å². The highest BCUT2D eigenvalue weighted by Gasteiger charge is 2.03. The van der Waals surface area contributed by atoms with Crippen molar-refractivity contribution in [3.8, 4) is 0 Å². The van der Waals surface area contributed by atoms with E-state index in [-0.39, 0.29) is 5.97 Å². The first-order chi connectivity index (χ1) is 7.52. The number of esters is 1. The Morgan fingerprint density at radius 3 is 2.06 bits per heavy atom. The summed E-state index contributed by atoms with van der Waals surface area (Å²) in [7, 11) is 0. The molecule has 96 valence electrons. The normalized spacial score (nSPS) is 11.1. The summed E-state index contributed by atoms with van der Waals surface area (Å²) in [5.41, 5.74) is 0. The van der Waals surface area contributed by atoms with Crippen LogP contribution in [0.4, 0.5) is 0 Å². The Morgan fingerprint density at radius 2 is 1.50 bits per heavy atom. The van der Waals surface area contributed by atoms with E-state index in [1.165, 1.54) is 0 Å². The van der Waals surface area contributed by atoms with Gasteiger partial charge in [-0.05, 0) is 24.7 Å². The summed E-state index contributed by atoms with van der Waals surface area (Å²) in [5.74, 6) is 1.08. The van der Waals surface area contributed by atoms with Crippen LogP contribution in [0.5, 0.6) is 0 Å². The van der Waals surface area contributed by atoms with Gasteiger partial charge in [-0.15, -0.1) is 0 Å². The van der Waals surface area contributed by atoms with Crippen molar-refractivity contribution in [3.63, 3.8) is 0 Å². The first kappa shape index (κ1) is 15.4. The summed E-state index contributed by atoms with van der Waals surface area (Å²) >= 11 is 0. The first-order valence-electron chi connectivity index (χ1n) is 6.25. The van der Waals surface area contributed by atoms with Gasteiger partial charge < -0.3 is 9.47 Å². The summed E-state index contributed by atoms with van der Waals surface area (Å²) in [6.07, 6.45) is 2.35. The molecule has 0 spiro atoms. The number of carbonyl (C=O) groups excluding carboxylic acids is 1. The standard InChI is InChI=1S/C13H26O3/c1-11(2)5-8-15-9-7-13(14)16-10-6-12(3)4/h11-12H,5-10H2,1-4H3. The van der Waals surface area contributed by atoms with Gasteiger partial charge in [0.05, 0.1) is 19.6 Å². The van der Waals surface area contributed by atoms with E-state index in [0.29, 0.717) is 31.5 Å². The predicted octanol–water partition coefficient (Wildman–Crippen LogP) is 3.03. The number of hydrogen-bond donors (Lipinski definition) is 0. The quantitative estimate of drug-likeness (QED) is 0.451. The van der Waals surface area contributed by atoms with E-state index in [0.717, 1.165) is 19.4 Å². The maximum absolute atomic E-state index is 11.2. The second kappa shape index (κ2) is 9.64. The molecule has 0 heterocycles. The van der Waals surface area contributed by atoms with Gasteiger partial charge in [-0.2, -0.15) is 0 Å². The zero-order chi connectivity index (χ0) is 12.4. The lowest BCUT2D eigenvalue weighted by molar-refractivity contribution is -0.145. The van der Waals surface area contributed by atoms with Crippen LogP contribution < -0.4 is 0 Å². The van der Waals surface area contributed by atoms with Crippen LogP contribution in [0, 0.1) is 11.8 Å². The molecule has 0 amide bonds. The maximum Gasteiger partial charge on any atom is 0.308 e. The zero-order valence-electron chi connectivity index (χ0n) is 11.1. The Hall–Kier alpha value is -0.570. The summed E-state index contributed by atoms with van der Waals surface area (Å²) in [5, 5.41) is 0. The summed E-state index contributed by atoms with van der Waals surface area (Å²) in [6.45, 7) is 10.3. The van der Waals surface area contributed by atoms with E-state index in [9.17, 15) is 4.79 Å². The molecule has 0 radical (unpaired) electrons. The van der Waals surface area contributed by atoms with Crippen molar-refractivity contribution in [1.82, 2.24) is 0 Å². The number of carbonyl (C=O) groups is 1. The van der Waals surface area contributed by atoms with Crippen LogP contribution in [0.1, 0.15) is 47.0 Å². The van der Waals surface area contributed by atoms with Crippen LogP contribution in [0.2, 0.25) is 0 Å². The van der Waals surface area contributed by atoms with Crippen molar-refractivity contribution < 1.29 is 14.3 Å². The van der Waals surface area contributed by atoms with Crippen LogP contribution in [-0.2, 0) is 14.3 Å². The van der Waals surface area contributed by atoms with Gasteiger partial charge in [-0.25, -0.2) is 0 Å². The summed E-state index contributed by atoms with van der Waals surface area (Å²) in [6, 6.07) is 0. The number of rotatable bonds is 9. The average molecular weight is 230 g/mol. The minimum absolute atomic E-state index is 0.148. The van der Waals surface area contributed by atoms with Crippen molar-refractivity contribution in [2.75, 3.05) is 19.8 Å². The SMILES string of the molecule is CC(C)CCOCCC(=O)OCCC(C)C. The van der Waals surface area contributed by atoms with Crippen molar-refractivity contribution in [3.05, 3.63) is 0 Å². The molecular formula is C13H26O3. The van der Waals surface area contributed by atoms with Crippen LogP contribution in [0.15, 0.2) is 0 Å². The van der Waals surface area contributed by atoms with Crippen LogP contribution in [0.25, 0.3) is 0 Å². The topological polar surface area (TPSA) is 35.5 Å². The second-order valence-corrected chi connectivity index (χ2v) is 4.95. The first-order valence-corrected chi connectivity index (χ1v) is 6.25. The molecule has 0 aliphatic carbocycles. The molecule has 0 atom stereocenters. The minimum Gasteiger partial charge on any atom is -0.466 e. The fourth-order valence-electron chi connectivity index (χ4n) is 1.06. The highest BCUT2D eigenvalue weighted by Crippen LogP contribution is 2.01. The molecule has 0 aromatic carbocycles. The molecule has 0 unspecified atom stereocenters. The Kier molecular flexibility index (Phi) is 9.30. The highest BCUT2D eigenvalue weighted by atomic mass is 16.5. The fourth-order valence-corrected chi connectivity index (χ4v) is 1.06. The molecule has 3 heteroatoms. The van der Waals surface area contributed by atoms with E-state index in [1.807, 2.05) is 0 Å². The van der Waals surface area contributed by atoms with Gasteiger partial charge in [-0.3, -0.25) is 4.79 Å². The molecule has 0 aliphatic rings. The van der Waals surface area contributed by atoms with E-state index in [1.54, 1.807) is 0 Å². The second-order valence-electron chi connectivity index (χ2n) is 4.95. The Bertz CT molecular complexity index is 176. The van der Waals surface area contributed by atoms with Crippen molar-refractivity contribution in [2.24, 2.45) is 11.8 Å². The van der Waals surface area contributed by atoms with Gasteiger partial charge in [0, 0.05) is 6.61 Å². The number of ether oxygens (including phenoxy) is 2. The van der Waals surface area contributed by atoms with Gasteiger partial charge in [0.25, 0.3) is 0 Å². The Morgan fingerprint density at radius 1 is 0.938 bits per heavy atom. The molecule has 0 saturated heterocycles.